The molecular weight excluding hydrogens is 256 g/mol. The van der Waals surface area contributed by atoms with Gasteiger partial charge in [0.25, 0.3) is 5.69 Å². The van der Waals surface area contributed by atoms with Crippen LogP contribution >= 0.6 is 11.6 Å². The van der Waals surface area contributed by atoms with Gasteiger partial charge in [-0.3, -0.25) is 10.1 Å². The van der Waals surface area contributed by atoms with Crippen molar-refractivity contribution in [2.75, 3.05) is 13.2 Å². The smallest absolute Gasteiger partial charge is 0.270 e. The van der Waals surface area contributed by atoms with Crippen molar-refractivity contribution in [2.24, 2.45) is 0 Å². The highest BCUT2D eigenvalue weighted by molar-refractivity contribution is 6.31. The molecule has 0 bridgehead atoms. The van der Waals surface area contributed by atoms with E-state index in [0.717, 1.165) is 31.6 Å². The molecule has 0 radical (unpaired) electrons. The van der Waals surface area contributed by atoms with Crippen LogP contribution in [0.5, 0.6) is 0 Å². The van der Waals surface area contributed by atoms with Crippen LogP contribution in [0.4, 0.5) is 5.69 Å². The molecule has 2 rings (SSSR count). The largest absolute Gasteiger partial charge is 0.377 e. The van der Waals surface area contributed by atoms with Crippen molar-refractivity contribution in [1.29, 1.82) is 0 Å². The van der Waals surface area contributed by atoms with Gasteiger partial charge in [-0.15, -0.1) is 0 Å². The first kappa shape index (κ1) is 13.3. The molecule has 1 saturated heterocycles. The summed E-state index contributed by atoms with van der Waals surface area (Å²) in [5.74, 6) is 0. The Hall–Kier alpha value is -1.17. The maximum Gasteiger partial charge on any atom is 0.270 e. The van der Waals surface area contributed by atoms with Crippen molar-refractivity contribution in [2.45, 2.75) is 25.5 Å². The molecule has 1 aliphatic rings. The molecule has 0 saturated carbocycles. The van der Waals surface area contributed by atoms with Crippen LogP contribution in [0.25, 0.3) is 0 Å². The van der Waals surface area contributed by atoms with Gasteiger partial charge in [0, 0.05) is 31.8 Å². The van der Waals surface area contributed by atoms with E-state index >= 15 is 0 Å². The zero-order valence-corrected chi connectivity index (χ0v) is 10.7. The summed E-state index contributed by atoms with van der Waals surface area (Å²) in [5, 5.41) is 14.2. The Labute approximate surface area is 110 Å². The highest BCUT2D eigenvalue weighted by Gasteiger charge is 2.15. The zero-order chi connectivity index (χ0) is 13.0. The molecule has 5 nitrogen and oxygen atoms in total. The molecule has 1 unspecified atom stereocenters. The number of rotatable bonds is 5. The molecule has 1 N–H and O–H groups in total. The number of nitrogens with one attached hydrogen (secondary N) is 1. The Bertz CT molecular complexity index is 433. The van der Waals surface area contributed by atoms with Crippen LogP contribution in [-0.4, -0.2) is 24.2 Å². The van der Waals surface area contributed by atoms with Gasteiger partial charge >= 0.3 is 0 Å². The Morgan fingerprint density at radius 3 is 3.00 bits per heavy atom. The van der Waals surface area contributed by atoms with Gasteiger partial charge in [0.05, 0.1) is 16.0 Å². The Kier molecular flexibility index (Phi) is 4.52. The Morgan fingerprint density at radius 1 is 1.56 bits per heavy atom. The summed E-state index contributed by atoms with van der Waals surface area (Å²) in [4.78, 5) is 10.1. The van der Waals surface area contributed by atoms with Crippen LogP contribution in [0.1, 0.15) is 18.4 Å². The second-order valence-corrected chi connectivity index (χ2v) is 4.71. The molecule has 1 heterocycles. The van der Waals surface area contributed by atoms with Gasteiger partial charge in [-0.2, -0.15) is 0 Å². The van der Waals surface area contributed by atoms with Crippen molar-refractivity contribution in [3.05, 3.63) is 38.9 Å². The average Bonchev–Trinajstić information content (AvgIpc) is 2.84. The molecule has 1 fully saturated rings. The van der Waals surface area contributed by atoms with Crippen LogP contribution in [-0.2, 0) is 11.3 Å². The SMILES string of the molecule is O=[N+]([O-])c1ccc(CNCC2CCCO2)c(Cl)c1. The number of non-ortho nitro benzene ring substituents is 1. The van der Waals surface area contributed by atoms with E-state index in [2.05, 4.69) is 5.32 Å². The lowest BCUT2D eigenvalue weighted by Crippen LogP contribution is -2.25. The first-order chi connectivity index (χ1) is 8.66. The summed E-state index contributed by atoms with van der Waals surface area (Å²) in [6.07, 6.45) is 2.48. The van der Waals surface area contributed by atoms with Crippen LogP contribution in [0, 0.1) is 10.1 Å². The molecule has 6 heteroatoms. The summed E-state index contributed by atoms with van der Waals surface area (Å²) in [5.41, 5.74) is 0.878. The fraction of sp³-hybridized carbons (Fsp3) is 0.500. The van der Waals surface area contributed by atoms with Gasteiger partial charge in [-0.05, 0) is 24.5 Å². The van der Waals surface area contributed by atoms with Crippen LogP contribution in [0.2, 0.25) is 5.02 Å². The van der Waals surface area contributed by atoms with Gasteiger partial charge in [-0.1, -0.05) is 11.6 Å². The van der Waals surface area contributed by atoms with Crippen molar-refractivity contribution < 1.29 is 9.66 Å². The van der Waals surface area contributed by atoms with Gasteiger partial charge in [0.2, 0.25) is 0 Å². The molecule has 1 aromatic carbocycles. The maximum absolute atomic E-state index is 10.6. The van der Waals surface area contributed by atoms with E-state index in [-0.39, 0.29) is 11.8 Å². The van der Waals surface area contributed by atoms with E-state index in [0.29, 0.717) is 11.6 Å². The highest BCUT2D eigenvalue weighted by Crippen LogP contribution is 2.22. The zero-order valence-electron chi connectivity index (χ0n) is 9.89. The summed E-state index contributed by atoms with van der Waals surface area (Å²) in [7, 11) is 0. The minimum absolute atomic E-state index is 0.0166. The quantitative estimate of drug-likeness (QED) is 0.660. The summed E-state index contributed by atoms with van der Waals surface area (Å²) < 4.78 is 5.49. The van der Waals surface area contributed by atoms with Crippen molar-refractivity contribution in [1.82, 2.24) is 5.32 Å². The normalized spacial score (nSPS) is 19.1. The topological polar surface area (TPSA) is 64.4 Å². The molecule has 98 valence electrons. The van der Waals surface area contributed by atoms with Crippen LogP contribution < -0.4 is 5.32 Å². The van der Waals surface area contributed by atoms with E-state index < -0.39 is 4.92 Å². The summed E-state index contributed by atoms with van der Waals surface area (Å²) >= 11 is 5.99. The second-order valence-electron chi connectivity index (χ2n) is 4.30. The Morgan fingerprint density at radius 2 is 2.39 bits per heavy atom. The molecule has 1 aliphatic heterocycles. The number of nitro groups is 1. The molecule has 0 aliphatic carbocycles. The minimum atomic E-state index is -0.449. The number of nitro benzene ring substituents is 1. The van der Waals surface area contributed by atoms with E-state index in [1.54, 1.807) is 6.07 Å². The lowest BCUT2D eigenvalue weighted by molar-refractivity contribution is -0.384. The number of halogens is 1. The predicted molar refractivity (Wildman–Crippen MR) is 68.8 cm³/mol. The van der Waals surface area contributed by atoms with Gasteiger partial charge in [0.15, 0.2) is 0 Å². The number of ether oxygens (including phenoxy) is 1. The van der Waals surface area contributed by atoms with Crippen molar-refractivity contribution >= 4 is 17.3 Å². The lowest BCUT2D eigenvalue weighted by atomic mass is 10.2. The monoisotopic (exact) mass is 270 g/mol. The molecule has 1 aromatic rings. The lowest BCUT2D eigenvalue weighted by Gasteiger charge is -2.11. The van der Waals surface area contributed by atoms with E-state index in [1.165, 1.54) is 12.1 Å². The maximum atomic E-state index is 10.6. The highest BCUT2D eigenvalue weighted by atomic mass is 35.5. The summed E-state index contributed by atoms with van der Waals surface area (Å²) in [6, 6.07) is 4.53. The van der Waals surface area contributed by atoms with Crippen molar-refractivity contribution in [3.63, 3.8) is 0 Å². The molecule has 0 amide bonds. The predicted octanol–water partition coefficient (Wildman–Crippen LogP) is 2.52. The molecular formula is C12H15ClN2O3. The third-order valence-corrected chi connectivity index (χ3v) is 3.31. The number of hydrogen-bond donors (Lipinski definition) is 1. The molecule has 0 spiro atoms. The van der Waals surface area contributed by atoms with Crippen LogP contribution in [0.3, 0.4) is 0 Å². The molecule has 18 heavy (non-hydrogen) atoms. The van der Waals surface area contributed by atoms with Gasteiger partial charge in [0.1, 0.15) is 0 Å². The first-order valence-corrected chi connectivity index (χ1v) is 6.30. The van der Waals surface area contributed by atoms with E-state index in [9.17, 15) is 10.1 Å². The minimum Gasteiger partial charge on any atom is -0.377 e. The van der Waals surface area contributed by atoms with E-state index in [1.807, 2.05) is 0 Å². The third-order valence-electron chi connectivity index (χ3n) is 2.96. The van der Waals surface area contributed by atoms with E-state index in [4.69, 9.17) is 16.3 Å². The van der Waals surface area contributed by atoms with Crippen LogP contribution in [0.15, 0.2) is 18.2 Å². The molecule has 1 atom stereocenters. The first-order valence-electron chi connectivity index (χ1n) is 5.92. The van der Waals surface area contributed by atoms with Gasteiger partial charge < -0.3 is 10.1 Å². The third kappa shape index (κ3) is 3.41. The fourth-order valence-corrected chi connectivity index (χ4v) is 2.21. The number of benzene rings is 1. The second kappa shape index (κ2) is 6.13. The summed E-state index contributed by atoms with van der Waals surface area (Å²) in [6.45, 7) is 2.22. The molecule has 0 aromatic heterocycles. The fourth-order valence-electron chi connectivity index (χ4n) is 1.97. The van der Waals surface area contributed by atoms with Crippen molar-refractivity contribution in [3.8, 4) is 0 Å². The standard InChI is InChI=1S/C12H15ClN2O3/c13-12-6-10(15(16)17)4-3-9(12)7-14-8-11-2-1-5-18-11/h3-4,6,11,14H,1-2,5,7-8H2. The number of nitrogens with zero attached hydrogens (tertiary/aromatic N) is 1. The Balaban J connectivity index is 1.87. The average molecular weight is 271 g/mol. The van der Waals surface area contributed by atoms with Gasteiger partial charge in [-0.25, -0.2) is 0 Å². The number of hydrogen-bond acceptors (Lipinski definition) is 4.